The van der Waals surface area contributed by atoms with E-state index in [0.717, 1.165) is 47.1 Å². The molecule has 0 bridgehead atoms. The minimum Gasteiger partial charge on any atom is -0.481 e. The Bertz CT molecular complexity index is 2430. The molecule has 2 aliphatic heterocycles. The van der Waals surface area contributed by atoms with Crippen LogP contribution in [0, 0.1) is 0 Å². The van der Waals surface area contributed by atoms with Gasteiger partial charge in [-0.05, 0) is 43.0 Å². The number of pyridine rings is 2. The van der Waals surface area contributed by atoms with E-state index in [4.69, 9.17) is 32.9 Å². The van der Waals surface area contributed by atoms with Gasteiger partial charge in [0.25, 0.3) is 5.56 Å². The summed E-state index contributed by atoms with van der Waals surface area (Å²) in [4.78, 5) is 51.8. The number of aliphatic hydroxyl groups excluding tert-OH is 1. The maximum atomic E-state index is 13.2. The third-order valence-corrected chi connectivity index (χ3v) is 11.7. The topological polar surface area (TPSA) is 147 Å². The van der Waals surface area contributed by atoms with Crippen molar-refractivity contribution in [1.29, 1.82) is 0 Å². The summed E-state index contributed by atoms with van der Waals surface area (Å²) < 4.78 is 8.39. The Morgan fingerprint density at radius 3 is 2.55 bits per heavy atom. The van der Waals surface area contributed by atoms with Gasteiger partial charge in [-0.25, -0.2) is 19.6 Å². The van der Waals surface area contributed by atoms with Crippen molar-refractivity contribution in [2.45, 2.75) is 30.8 Å². The van der Waals surface area contributed by atoms with E-state index in [1.807, 2.05) is 30.3 Å². The second-order valence-electron chi connectivity index (χ2n) is 13.9. The summed E-state index contributed by atoms with van der Waals surface area (Å²) in [6.07, 6.45) is 4.11. The van der Waals surface area contributed by atoms with Gasteiger partial charge in [0.05, 0.1) is 46.2 Å². The van der Waals surface area contributed by atoms with Crippen LogP contribution >= 0.6 is 23.2 Å². The predicted octanol–water partition coefficient (Wildman–Crippen LogP) is 4.87. The highest BCUT2D eigenvalue weighted by atomic mass is 35.5. The Morgan fingerprint density at radius 2 is 1.77 bits per heavy atom. The SMILES string of the molecule is COc1nc(-c2cccc(-c3cccc(Nc4nccc5c4c(=O)n(C)c(=O)n5C)c3Cl)c2Cl)cc2c1C(N1CCC3(CN(CCO)C(=O)N3)C1)CC2. The third-order valence-electron chi connectivity index (χ3n) is 10.9. The number of nitrogens with one attached hydrogen (secondary N) is 2. The van der Waals surface area contributed by atoms with E-state index in [9.17, 15) is 19.5 Å². The largest absolute Gasteiger partial charge is 0.481 e. The number of ether oxygens (including phenoxy) is 1. The number of β-amino-alcohol motifs (C(OH)–C–C–N with tert-alkyl or cyclic N) is 1. The minimum absolute atomic E-state index is 0.0598. The zero-order chi connectivity index (χ0) is 37.2. The van der Waals surface area contributed by atoms with Crippen LogP contribution in [0.25, 0.3) is 33.3 Å². The molecule has 3 aromatic heterocycles. The fraction of sp³-hybridized carbons (Fsp3) is 0.342. The Labute approximate surface area is 314 Å². The molecular formula is C38H38Cl2N8O5. The van der Waals surface area contributed by atoms with Crippen LogP contribution in [0.3, 0.4) is 0 Å². The fourth-order valence-electron chi connectivity index (χ4n) is 8.25. The van der Waals surface area contributed by atoms with E-state index in [1.54, 1.807) is 31.2 Å². The van der Waals surface area contributed by atoms with Crippen molar-refractivity contribution in [2.75, 3.05) is 45.2 Å². The Balaban J connectivity index is 1.10. The van der Waals surface area contributed by atoms with Crippen molar-refractivity contribution in [1.82, 2.24) is 34.2 Å². The van der Waals surface area contributed by atoms with Gasteiger partial charge in [0.2, 0.25) is 5.88 Å². The van der Waals surface area contributed by atoms with E-state index in [1.165, 1.54) is 17.8 Å². The first-order chi connectivity index (χ1) is 25.5. The zero-order valence-corrected chi connectivity index (χ0v) is 31.0. The maximum Gasteiger partial charge on any atom is 0.330 e. The molecule has 5 aromatic rings. The standard InChI is InChI=1S/C38H38Cl2N8O5/c1-45-27-12-14-41-33(30(27)35(50)46(2)37(45)52)42-25-9-5-7-23(32(25)40)22-6-4-8-24(31(22)39)26-18-21-10-11-28(29(21)34(43-26)53-3)47-15-13-38(19-47)20-48(16-17-49)36(51)44-38/h4-9,12,14,18,28,49H,10-11,13,15-17,19-20H2,1-3H3,(H,41,42)(H,44,51). The number of carbonyl (C=O) groups excluding carboxylic acids is 1. The van der Waals surface area contributed by atoms with Crippen LogP contribution in [-0.4, -0.2) is 85.5 Å². The summed E-state index contributed by atoms with van der Waals surface area (Å²) in [6, 6.07) is 14.9. The van der Waals surface area contributed by atoms with Crippen molar-refractivity contribution >= 4 is 51.6 Å². The van der Waals surface area contributed by atoms with Gasteiger partial charge in [-0.15, -0.1) is 0 Å². The lowest BCUT2D eigenvalue weighted by Crippen LogP contribution is -2.46. The molecule has 53 heavy (non-hydrogen) atoms. The molecule has 0 saturated carbocycles. The third kappa shape index (κ3) is 5.82. The first kappa shape index (κ1) is 35.1. The second kappa shape index (κ2) is 13.5. The van der Waals surface area contributed by atoms with Crippen molar-refractivity contribution in [2.24, 2.45) is 14.1 Å². The Hall–Kier alpha value is -4.95. The first-order valence-corrected chi connectivity index (χ1v) is 18.2. The molecule has 5 heterocycles. The number of benzene rings is 2. The number of methoxy groups -OCH3 is 1. The average Bonchev–Trinajstić information content (AvgIpc) is 3.86. The molecule has 2 unspecified atom stereocenters. The summed E-state index contributed by atoms with van der Waals surface area (Å²) >= 11 is 14.3. The molecule has 274 valence electrons. The van der Waals surface area contributed by atoms with Gasteiger partial charge < -0.3 is 25.4 Å². The van der Waals surface area contributed by atoms with Gasteiger partial charge in [-0.1, -0.05) is 53.5 Å². The summed E-state index contributed by atoms with van der Waals surface area (Å²) in [7, 11) is 4.67. The molecule has 0 radical (unpaired) electrons. The highest BCUT2D eigenvalue weighted by Gasteiger charge is 2.49. The van der Waals surface area contributed by atoms with Gasteiger partial charge in [0.15, 0.2) is 0 Å². The quantitative estimate of drug-likeness (QED) is 0.202. The first-order valence-electron chi connectivity index (χ1n) is 17.4. The molecule has 8 rings (SSSR count). The second-order valence-corrected chi connectivity index (χ2v) is 14.7. The van der Waals surface area contributed by atoms with Crippen molar-refractivity contribution in [3.05, 3.63) is 96.7 Å². The van der Waals surface area contributed by atoms with Gasteiger partial charge in [-0.2, -0.15) is 0 Å². The molecule has 1 aliphatic carbocycles. The number of aliphatic hydroxyl groups is 1. The van der Waals surface area contributed by atoms with Crippen LogP contribution in [0.1, 0.15) is 30.0 Å². The van der Waals surface area contributed by atoms with Crippen molar-refractivity contribution < 1.29 is 14.6 Å². The molecule has 2 atom stereocenters. The van der Waals surface area contributed by atoms with Crippen LogP contribution in [0.4, 0.5) is 16.3 Å². The Kier molecular flexibility index (Phi) is 8.92. The molecule has 2 fully saturated rings. The highest BCUT2D eigenvalue weighted by molar-refractivity contribution is 6.39. The number of rotatable bonds is 8. The number of fused-ring (bicyclic) bond motifs is 2. The van der Waals surface area contributed by atoms with Gasteiger partial charge in [-0.3, -0.25) is 18.8 Å². The minimum atomic E-state index is -0.470. The predicted molar refractivity (Wildman–Crippen MR) is 204 cm³/mol. The fourth-order valence-corrected chi connectivity index (χ4v) is 8.85. The van der Waals surface area contributed by atoms with E-state index in [0.29, 0.717) is 63.6 Å². The number of amides is 2. The Morgan fingerprint density at radius 1 is 1.02 bits per heavy atom. The molecule has 1 spiro atoms. The van der Waals surface area contributed by atoms with Crippen LogP contribution in [-0.2, 0) is 20.5 Å². The number of nitrogens with zero attached hydrogens (tertiary/aromatic N) is 6. The van der Waals surface area contributed by atoms with E-state index in [-0.39, 0.29) is 35.4 Å². The lowest BCUT2D eigenvalue weighted by Gasteiger charge is -2.28. The van der Waals surface area contributed by atoms with Gasteiger partial charge >= 0.3 is 11.7 Å². The smallest absolute Gasteiger partial charge is 0.330 e. The van der Waals surface area contributed by atoms with Gasteiger partial charge in [0.1, 0.15) is 11.2 Å². The number of anilines is 2. The number of aryl methyl sites for hydroxylation is 2. The molecule has 2 aromatic carbocycles. The van der Waals surface area contributed by atoms with Crippen LogP contribution in [0.5, 0.6) is 5.88 Å². The molecular weight excluding hydrogens is 719 g/mol. The average molecular weight is 758 g/mol. The summed E-state index contributed by atoms with van der Waals surface area (Å²) in [6.45, 7) is 2.39. The number of aromatic nitrogens is 4. The molecule has 13 nitrogen and oxygen atoms in total. The number of hydrogen-bond acceptors (Lipinski definition) is 9. The molecule has 3 aliphatic rings. The summed E-state index contributed by atoms with van der Waals surface area (Å²) in [5, 5.41) is 16.9. The normalized spacial score (nSPS) is 19.7. The highest BCUT2D eigenvalue weighted by Crippen LogP contribution is 2.47. The number of carbonyl (C=O) groups is 1. The van der Waals surface area contributed by atoms with Crippen molar-refractivity contribution in [3.63, 3.8) is 0 Å². The molecule has 2 saturated heterocycles. The summed E-state index contributed by atoms with van der Waals surface area (Å²) in [5.74, 6) is 0.821. The monoisotopic (exact) mass is 756 g/mol. The number of hydrogen-bond donors (Lipinski definition) is 3. The molecule has 3 N–H and O–H groups in total. The zero-order valence-electron chi connectivity index (χ0n) is 29.4. The van der Waals surface area contributed by atoms with E-state index in [2.05, 4.69) is 26.6 Å². The van der Waals surface area contributed by atoms with Crippen LogP contribution in [0.2, 0.25) is 10.0 Å². The number of halogens is 2. The van der Waals surface area contributed by atoms with E-state index < -0.39 is 11.2 Å². The summed E-state index contributed by atoms with van der Waals surface area (Å²) in [5.41, 5.74) is 4.68. The lowest BCUT2D eigenvalue weighted by atomic mass is 9.99. The van der Waals surface area contributed by atoms with E-state index >= 15 is 0 Å². The maximum absolute atomic E-state index is 13.2. The van der Waals surface area contributed by atoms with Crippen molar-refractivity contribution in [3.8, 4) is 28.3 Å². The number of likely N-dealkylation sites (tertiary alicyclic amines) is 1. The molecule has 2 amide bonds. The van der Waals surface area contributed by atoms with Crippen LogP contribution < -0.4 is 26.6 Å². The lowest BCUT2D eigenvalue weighted by molar-refractivity contribution is 0.193. The molecule has 15 heteroatoms. The van der Waals surface area contributed by atoms with Gasteiger partial charge in [0, 0.05) is 74.8 Å². The van der Waals surface area contributed by atoms with Crippen LogP contribution in [0.15, 0.2) is 64.3 Å². The number of urea groups is 1.